The van der Waals surface area contributed by atoms with E-state index in [0.717, 1.165) is 28.0 Å². The van der Waals surface area contributed by atoms with Crippen LogP contribution in [0.4, 0.5) is 17.3 Å². The molecular formula is C22H22N6O2. The Bertz CT molecular complexity index is 1260. The first kappa shape index (κ1) is 19.4. The van der Waals surface area contributed by atoms with E-state index in [1.807, 2.05) is 68.4 Å². The van der Waals surface area contributed by atoms with Crippen molar-refractivity contribution in [2.24, 2.45) is 0 Å². The lowest BCUT2D eigenvalue weighted by Gasteiger charge is -2.09. The fourth-order valence-electron chi connectivity index (χ4n) is 3.27. The van der Waals surface area contributed by atoms with Gasteiger partial charge in [-0.15, -0.1) is 5.10 Å². The minimum atomic E-state index is -0.435. The van der Waals surface area contributed by atoms with E-state index in [-0.39, 0.29) is 12.5 Å². The van der Waals surface area contributed by atoms with Gasteiger partial charge < -0.3 is 10.6 Å². The van der Waals surface area contributed by atoms with Gasteiger partial charge in [-0.3, -0.25) is 4.79 Å². The summed E-state index contributed by atoms with van der Waals surface area (Å²) in [7, 11) is 0. The Morgan fingerprint density at radius 2 is 1.80 bits per heavy atom. The molecule has 30 heavy (non-hydrogen) atoms. The second-order valence-electron chi connectivity index (χ2n) is 6.90. The zero-order valence-corrected chi connectivity index (χ0v) is 16.8. The van der Waals surface area contributed by atoms with Crippen molar-refractivity contribution in [3.8, 4) is 0 Å². The molecule has 0 aliphatic rings. The molecule has 1 amide bonds. The van der Waals surface area contributed by atoms with Gasteiger partial charge in [-0.05, 0) is 37.1 Å². The number of aryl methyl sites for hydroxylation is 2. The standard InChI is InChI=1S/C22H22N6O2/c1-3-16-9-7-8-12-18(16)25-20(29)14-27-22(30)28-19(26-27)13-15(2)23-21(28)24-17-10-5-4-6-11-17/h4-13H,3,14H2,1-2H3,(H,23,24)(H,25,29). The third-order valence-corrected chi connectivity index (χ3v) is 4.69. The third-order valence-electron chi connectivity index (χ3n) is 4.69. The van der Waals surface area contributed by atoms with Crippen LogP contribution in [0.15, 0.2) is 65.5 Å². The van der Waals surface area contributed by atoms with E-state index in [1.165, 1.54) is 4.40 Å². The van der Waals surface area contributed by atoms with Crippen molar-refractivity contribution >= 4 is 28.9 Å². The number of fused-ring (bicyclic) bond motifs is 1. The van der Waals surface area contributed by atoms with Crippen LogP contribution in [-0.2, 0) is 17.8 Å². The maximum absolute atomic E-state index is 13.0. The van der Waals surface area contributed by atoms with Crippen molar-refractivity contribution in [3.05, 3.63) is 82.4 Å². The Kier molecular flexibility index (Phi) is 5.30. The Balaban J connectivity index is 1.64. The number of carbonyl (C=O) groups excluding carboxylic acids is 1. The third kappa shape index (κ3) is 3.93. The van der Waals surface area contributed by atoms with Gasteiger partial charge in [-0.1, -0.05) is 43.3 Å². The topological polar surface area (TPSA) is 93.3 Å². The molecule has 0 saturated carbocycles. The van der Waals surface area contributed by atoms with Crippen molar-refractivity contribution in [1.82, 2.24) is 19.2 Å². The molecule has 4 rings (SSSR count). The molecule has 8 heteroatoms. The van der Waals surface area contributed by atoms with E-state index in [4.69, 9.17) is 0 Å². The number of rotatable bonds is 6. The fraction of sp³-hybridized carbons (Fsp3) is 0.182. The van der Waals surface area contributed by atoms with Crippen LogP contribution in [0.3, 0.4) is 0 Å². The SMILES string of the molecule is CCc1ccccc1NC(=O)Cn1nc2cc(C)nc(Nc3ccccc3)n2c1=O. The van der Waals surface area contributed by atoms with Crippen LogP contribution in [0, 0.1) is 6.92 Å². The minimum absolute atomic E-state index is 0.192. The summed E-state index contributed by atoms with van der Waals surface area (Å²) in [5.74, 6) is 0.0350. The predicted molar refractivity (Wildman–Crippen MR) is 116 cm³/mol. The van der Waals surface area contributed by atoms with Gasteiger partial charge in [0.15, 0.2) is 5.65 Å². The number of benzene rings is 2. The summed E-state index contributed by atoms with van der Waals surface area (Å²) in [6.07, 6.45) is 0.796. The van der Waals surface area contributed by atoms with E-state index >= 15 is 0 Å². The fourth-order valence-corrected chi connectivity index (χ4v) is 3.27. The molecule has 152 valence electrons. The van der Waals surface area contributed by atoms with Gasteiger partial charge in [0.2, 0.25) is 11.9 Å². The normalized spacial score (nSPS) is 10.9. The molecule has 0 saturated heterocycles. The lowest BCUT2D eigenvalue weighted by atomic mass is 10.1. The number of nitrogens with one attached hydrogen (secondary N) is 2. The molecule has 0 aliphatic heterocycles. The van der Waals surface area contributed by atoms with Gasteiger partial charge in [0, 0.05) is 23.1 Å². The second-order valence-corrected chi connectivity index (χ2v) is 6.90. The van der Waals surface area contributed by atoms with Crippen molar-refractivity contribution in [3.63, 3.8) is 0 Å². The number of aromatic nitrogens is 4. The molecule has 8 nitrogen and oxygen atoms in total. The number of amides is 1. The van der Waals surface area contributed by atoms with Crippen LogP contribution < -0.4 is 16.3 Å². The Labute approximate surface area is 173 Å². The Morgan fingerprint density at radius 1 is 1.07 bits per heavy atom. The monoisotopic (exact) mass is 402 g/mol. The van der Waals surface area contributed by atoms with E-state index in [2.05, 4.69) is 20.7 Å². The summed E-state index contributed by atoms with van der Waals surface area (Å²) in [5.41, 5.74) is 3.26. The molecule has 0 aliphatic carbocycles. The van der Waals surface area contributed by atoms with Crippen LogP contribution >= 0.6 is 0 Å². The Morgan fingerprint density at radius 3 is 2.57 bits per heavy atom. The first-order chi connectivity index (χ1) is 14.5. The molecule has 0 fully saturated rings. The summed E-state index contributed by atoms with van der Waals surface area (Å²) < 4.78 is 2.52. The largest absolute Gasteiger partial charge is 0.353 e. The molecule has 0 spiro atoms. The van der Waals surface area contributed by atoms with Crippen LogP contribution in [0.1, 0.15) is 18.2 Å². The number of para-hydroxylation sites is 2. The van der Waals surface area contributed by atoms with Gasteiger partial charge in [0.05, 0.1) is 0 Å². The molecule has 2 N–H and O–H groups in total. The summed E-state index contributed by atoms with van der Waals surface area (Å²) in [6, 6.07) is 18.7. The predicted octanol–water partition coefficient (Wildman–Crippen LogP) is 3.14. The molecule has 0 bridgehead atoms. The van der Waals surface area contributed by atoms with Gasteiger partial charge in [0.1, 0.15) is 6.54 Å². The first-order valence-corrected chi connectivity index (χ1v) is 9.72. The van der Waals surface area contributed by atoms with Gasteiger partial charge in [-0.2, -0.15) is 0 Å². The average Bonchev–Trinajstić information content (AvgIpc) is 3.04. The molecule has 0 atom stereocenters. The number of anilines is 3. The Hall–Kier alpha value is -3.94. The van der Waals surface area contributed by atoms with E-state index < -0.39 is 5.69 Å². The maximum atomic E-state index is 13.0. The minimum Gasteiger partial charge on any atom is -0.325 e. The van der Waals surface area contributed by atoms with Gasteiger partial charge in [-0.25, -0.2) is 18.9 Å². The van der Waals surface area contributed by atoms with Crippen molar-refractivity contribution in [2.45, 2.75) is 26.8 Å². The average molecular weight is 402 g/mol. The first-order valence-electron chi connectivity index (χ1n) is 9.72. The number of hydrogen-bond donors (Lipinski definition) is 2. The molecule has 2 heterocycles. The van der Waals surface area contributed by atoms with Crippen LogP contribution in [0.25, 0.3) is 5.65 Å². The van der Waals surface area contributed by atoms with E-state index in [0.29, 0.717) is 17.3 Å². The van der Waals surface area contributed by atoms with E-state index in [9.17, 15) is 9.59 Å². The number of carbonyl (C=O) groups is 1. The second kappa shape index (κ2) is 8.20. The quantitative estimate of drug-likeness (QED) is 0.517. The van der Waals surface area contributed by atoms with Crippen LogP contribution in [-0.4, -0.2) is 25.1 Å². The highest BCUT2D eigenvalue weighted by Gasteiger charge is 2.16. The zero-order valence-electron chi connectivity index (χ0n) is 16.8. The molecule has 2 aromatic heterocycles. The summed E-state index contributed by atoms with van der Waals surface area (Å²) in [6.45, 7) is 3.66. The van der Waals surface area contributed by atoms with Gasteiger partial charge in [0.25, 0.3) is 0 Å². The van der Waals surface area contributed by atoms with Crippen molar-refractivity contribution < 1.29 is 4.79 Å². The maximum Gasteiger partial charge on any atom is 0.353 e. The molecule has 0 radical (unpaired) electrons. The van der Waals surface area contributed by atoms with Crippen LogP contribution in [0.2, 0.25) is 0 Å². The highest BCUT2D eigenvalue weighted by atomic mass is 16.2. The highest BCUT2D eigenvalue weighted by Crippen LogP contribution is 2.16. The lowest BCUT2D eigenvalue weighted by Crippen LogP contribution is -2.29. The lowest BCUT2D eigenvalue weighted by molar-refractivity contribution is -0.117. The number of hydrogen-bond acceptors (Lipinski definition) is 5. The zero-order chi connectivity index (χ0) is 21.1. The summed E-state index contributed by atoms with van der Waals surface area (Å²) in [5, 5.41) is 10.3. The molecule has 2 aromatic carbocycles. The van der Waals surface area contributed by atoms with Crippen LogP contribution in [0.5, 0.6) is 0 Å². The van der Waals surface area contributed by atoms with Gasteiger partial charge >= 0.3 is 5.69 Å². The summed E-state index contributed by atoms with van der Waals surface area (Å²) >= 11 is 0. The summed E-state index contributed by atoms with van der Waals surface area (Å²) in [4.78, 5) is 30.0. The molecule has 4 aromatic rings. The highest BCUT2D eigenvalue weighted by molar-refractivity contribution is 5.91. The molecular weight excluding hydrogens is 380 g/mol. The molecule has 0 unspecified atom stereocenters. The smallest absolute Gasteiger partial charge is 0.325 e. The van der Waals surface area contributed by atoms with E-state index in [1.54, 1.807) is 6.07 Å². The van der Waals surface area contributed by atoms with Crippen molar-refractivity contribution in [2.75, 3.05) is 10.6 Å². The number of nitrogens with zero attached hydrogens (tertiary/aromatic N) is 4. The van der Waals surface area contributed by atoms with Crippen molar-refractivity contribution in [1.29, 1.82) is 0 Å².